The lowest BCUT2D eigenvalue weighted by atomic mass is 10.0. The molecule has 0 amide bonds. The highest BCUT2D eigenvalue weighted by atomic mass is 16.5. The Hall–Kier alpha value is -1.14. The van der Waals surface area contributed by atoms with E-state index >= 15 is 0 Å². The number of ether oxygens (including phenoxy) is 2. The van der Waals surface area contributed by atoms with Crippen LogP contribution < -0.4 is 5.73 Å². The minimum Gasteiger partial charge on any atom is -0.466 e. The van der Waals surface area contributed by atoms with E-state index in [0.717, 1.165) is 84.0 Å². The fourth-order valence-electron chi connectivity index (χ4n) is 7.05. The van der Waals surface area contributed by atoms with Crippen molar-refractivity contribution in [3.05, 3.63) is 0 Å². The number of carbonyl (C=O) groups is 2. The summed E-state index contributed by atoms with van der Waals surface area (Å²) in [4.78, 5) is 27.4. The first kappa shape index (κ1) is 49.9. The third-order valence-corrected chi connectivity index (χ3v) is 10.5. The average molecular weight is 723 g/mol. The van der Waals surface area contributed by atoms with Gasteiger partial charge in [-0.25, -0.2) is 0 Å². The van der Waals surface area contributed by atoms with Crippen LogP contribution in [0.5, 0.6) is 0 Å². The molecule has 0 saturated heterocycles. The van der Waals surface area contributed by atoms with Gasteiger partial charge >= 0.3 is 11.9 Å². The van der Waals surface area contributed by atoms with Gasteiger partial charge in [0.25, 0.3) is 0 Å². The van der Waals surface area contributed by atoms with Gasteiger partial charge in [-0.2, -0.15) is 0 Å². The summed E-state index contributed by atoms with van der Waals surface area (Å²) in [6, 6.07) is 0. The Morgan fingerprint density at radius 2 is 0.824 bits per heavy atom. The molecule has 0 unspecified atom stereocenters. The van der Waals surface area contributed by atoms with Crippen LogP contribution in [0.3, 0.4) is 0 Å². The molecule has 51 heavy (non-hydrogen) atoms. The topological polar surface area (TPSA) is 81.9 Å². The van der Waals surface area contributed by atoms with Crippen molar-refractivity contribution in [2.45, 2.75) is 245 Å². The lowest BCUT2D eigenvalue weighted by Gasteiger charge is -2.22. The molecule has 0 bridgehead atoms. The van der Waals surface area contributed by atoms with Crippen molar-refractivity contribution in [3.63, 3.8) is 0 Å². The van der Waals surface area contributed by atoms with Crippen molar-refractivity contribution in [1.82, 2.24) is 4.90 Å². The van der Waals surface area contributed by atoms with Crippen molar-refractivity contribution >= 4 is 11.9 Å². The summed E-state index contributed by atoms with van der Waals surface area (Å²) in [5, 5.41) is 0. The van der Waals surface area contributed by atoms with Crippen LogP contribution in [0.2, 0.25) is 0 Å². The maximum absolute atomic E-state index is 12.7. The van der Waals surface area contributed by atoms with Gasteiger partial charge in [-0.1, -0.05) is 162 Å². The highest BCUT2D eigenvalue weighted by molar-refractivity contribution is 5.69. The molecule has 6 nitrogen and oxygen atoms in total. The van der Waals surface area contributed by atoms with Crippen LogP contribution in [-0.4, -0.2) is 55.7 Å². The maximum Gasteiger partial charge on any atom is 0.306 e. The van der Waals surface area contributed by atoms with E-state index in [1.807, 2.05) is 0 Å². The monoisotopic (exact) mass is 723 g/mol. The molecule has 0 radical (unpaired) electrons. The Labute approximate surface area is 318 Å². The van der Waals surface area contributed by atoms with Crippen LogP contribution in [0.25, 0.3) is 0 Å². The molecule has 0 heterocycles. The van der Waals surface area contributed by atoms with Crippen LogP contribution in [0.1, 0.15) is 239 Å². The molecule has 0 spiro atoms. The second-order valence-corrected chi connectivity index (χ2v) is 15.6. The van der Waals surface area contributed by atoms with Gasteiger partial charge in [0.05, 0.1) is 6.61 Å². The standard InChI is InChI=1S/C45H90N2O4/c1-4-7-10-13-16-17-18-24-32-42-50-44(48)36-29-25-31-40-47(41-33-38-46)39-30-23-19-22-28-37-45(49)51-43(34-26-20-14-11-8-5-2)35-27-21-15-12-9-6-3/h43H,4-42,46H2,1-3H3. The number of carbonyl (C=O) groups excluding carboxylic acids is 2. The highest BCUT2D eigenvalue weighted by Gasteiger charge is 2.14. The molecule has 0 aliphatic carbocycles. The van der Waals surface area contributed by atoms with Crippen molar-refractivity contribution in [3.8, 4) is 0 Å². The molecule has 2 N–H and O–H groups in total. The summed E-state index contributed by atoms with van der Waals surface area (Å²) < 4.78 is 11.5. The Balaban J connectivity index is 4.04. The summed E-state index contributed by atoms with van der Waals surface area (Å²) in [5.41, 5.74) is 5.82. The van der Waals surface area contributed by atoms with Gasteiger partial charge < -0.3 is 20.1 Å². The van der Waals surface area contributed by atoms with Gasteiger partial charge in [0, 0.05) is 12.8 Å². The summed E-state index contributed by atoms with van der Waals surface area (Å²) in [6.45, 7) is 11.4. The molecule has 0 aliphatic rings. The number of esters is 2. The van der Waals surface area contributed by atoms with Crippen LogP contribution in [0.15, 0.2) is 0 Å². The zero-order valence-corrected chi connectivity index (χ0v) is 34.8. The molecule has 0 atom stereocenters. The van der Waals surface area contributed by atoms with Gasteiger partial charge in [-0.05, 0) is 90.4 Å². The molecule has 0 saturated carbocycles. The Bertz CT molecular complexity index is 702. The van der Waals surface area contributed by atoms with E-state index in [0.29, 0.717) is 19.4 Å². The van der Waals surface area contributed by atoms with E-state index in [1.165, 1.54) is 148 Å². The Morgan fingerprint density at radius 1 is 0.451 bits per heavy atom. The fraction of sp³-hybridized carbons (Fsp3) is 0.956. The van der Waals surface area contributed by atoms with Gasteiger partial charge in [0.2, 0.25) is 0 Å². The minimum atomic E-state index is -0.0241. The molecular formula is C45H90N2O4. The van der Waals surface area contributed by atoms with E-state index in [2.05, 4.69) is 25.7 Å². The second kappa shape index (κ2) is 41.6. The summed E-state index contributed by atoms with van der Waals surface area (Å²) in [5.74, 6) is 0.000886. The maximum atomic E-state index is 12.7. The molecule has 0 rings (SSSR count). The third kappa shape index (κ3) is 38.4. The predicted molar refractivity (Wildman–Crippen MR) is 220 cm³/mol. The number of hydrogen-bond acceptors (Lipinski definition) is 6. The van der Waals surface area contributed by atoms with Crippen LogP contribution >= 0.6 is 0 Å². The molecule has 0 aliphatic heterocycles. The lowest BCUT2D eigenvalue weighted by Crippen LogP contribution is -2.28. The highest BCUT2D eigenvalue weighted by Crippen LogP contribution is 2.18. The molecule has 0 aromatic carbocycles. The zero-order chi connectivity index (χ0) is 37.3. The van der Waals surface area contributed by atoms with Gasteiger partial charge in [-0.3, -0.25) is 9.59 Å². The average Bonchev–Trinajstić information content (AvgIpc) is 3.13. The summed E-state index contributed by atoms with van der Waals surface area (Å²) in [7, 11) is 0. The smallest absolute Gasteiger partial charge is 0.306 e. The first-order valence-corrected chi connectivity index (χ1v) is 22.8. The van der Waals surface area contributed by atoms with Crippen molar-refractivity contribution in [1.29, 1.82) is 0 Å². The third-order valence-electron chi connectivity index (χ3n) is 10.5. The largest absolute Gasteiger partial charge is 0.466 e. The number of hydrogen-bond donors (Lipinski definition) is 1. The Kier molecular flexibility index (Phi) is 40.7. The molecule has 0 aromatic heterocycles. The molecule has 0 fully saturated rings. The van der Waals surface area contributed by atoms with Crippen molar-refractivity contribution in [2.24, 2.45) is 5.73 Å². The number of unbranched alkanes of at least 4 members (excludes halogenated alkanes) is 24. The molecule has 304 valence electrons. The lowest BCUT2D eigenvalue weighted by molar-refractivity contribution is -0.150. The first-order chi connectivity index (χ1) is 25.1. The minimum absolute atomic E-state index is 0.0241. The van der Waals surface area contributed by atoms with E-state index < -0.39 is 0 Å². The van der Waals surface area contributed by atoms with Crippen molar-refractivity contribution < 1.29 is 19.1 Å². The van der Waals surface area contributed by atoms with E-state index in [-0.39, 0.29) is 18.0 Å². The molecule has 0 aromatic rings. The predicted octanol–water partition coefficient (Wildman–Crippen LogP) is 13.0. The van der Waals surface area contributed by atoms with Crippen LogP contribution in [-0.2, 0) is 19.1 Å². The zero-order valence-electron chi connectivity index (χ0n) is 34.8. The second-order valence-electron chi connectivity index (χ2n) is 15.6. The van der Waals surface area contributed by atoms with Crippen molar-refractivity contribution in [2.75, 3.05) is 32.8 Å². The summed E-state index contributed by atoms with van der Waals surface area (Å²) in [6.07, 6.45) is 40.1. The van der Waals surface area contributed by atoms with Gasteiger partial charge in [0.1, 0.15) is 6.10 Å². The quantitative estimate of drug-likeness (QED) is 0.0499. The van der Waals surface area contributed by atoms with Gasteiger partial charge in [0.15, 0.2) is 0 Å². The number of nitrogens with zero attached hydrogens (tertiary/aromatic N) is 1. The van der Waals surface area contributed by atoms with Crippen LogP contribution in [0.4, 0.5) is 0 Å². The van der Waals surface area contributed by atoms with E-state index in [4.69, 9.17) is 15.2 Å². The summed E-state index contributed by atoms with van der Waals surface area (Å²) >= 11 is 0. The first-order valence-electron chi connectivity index (χ1n) is 22.8. The molecular weight excluding hydrogens is 633 g/mol. The number of nitrogens with two attached hydrogens (primary N) is 1. The van der Waals surface area contributed by atoms with Crippen LogP contribution in [0, 0.1) is 0 Å². The SMILES string of the molecule is CCCCCCCCCCCOC(=O)CCCCCN(CCCN)CCCCCCCC(=O)OC(CCCCCCCC)CCCCCCCC. The number of rotatable bonds is 42. The Morgan fingerprint density at radius 3 is 1.31 bits per heavy atom. The normalized spacial score (nSPS) is 11.6. The van der Waals surface area contributed by atoms with Gasteiger partial charge in [-0.15, -0.1) is 0 Å². The van der Waals surface area contributed by atoms with E-state index in [9.17, 15) is 9.59 Å². The fourth-order valence-corrected chi connectivity index (χ4v) is 7.05. The van der Waals surface area contributed by atoms with E-state index in [1.54, 1.807) is 0 Å². The molecule has 6 heteroatoms.